The minimum atomic E-state index is -0.547. The molecule has 1 aliphatic carbocycles. The second-order valence-electron chi connectivity index (χ2n) is 16.9. The van der Waals surface area contributed by atoms with Crippen LogP contribution in [0, 0.1) is 5.92 Å². The number of piperidine rings is 1. The van der Waals surface area contributed by atoms with Crippen molar-refractivity contribution in [1.29, 1.82) is 0 Å². The summed E-state index contributed by atoms with van der Waals surface area (Å²) in [5.41, 5.74) is 4.00. The zero-order valence-corrected chi connectivity index (χ0v) is 32.0. The lowest BCUT2D eigenvalue weighted by Crippen LogP contribution is -2.44. The minimum absolute atomic E-state index is 0.0638. The predicted molar refractivity (Wildman–Crippen MR) is 209 cm³/mol. The Morgan fingerprint density at radius 3 is 2.34 bits per heavy atom. The number of hydrogen-bond donors (Lipinski definition) is 1. The molecule has 0 spiro atoms. The summed E-state index contributed by atoms with van der Waals surface area (Å²) in [5.74, 6) is 2.36. The summed E-state index contributed by atoms with van der Waals surface area (Å²) in [6.07, 6.45) is 5.11. The number of fused-ring (bicyclic) bond motifs is 6. The van der Waals surface area contributed by atoms with E-state index in [-0.39, 0.29) is 30.2 Å². The first-order valence-electron chi connectivity index (χ1n) is 18.8. The number of amides is 2. The van der Waals surface area contributed by atoms with Crippen molar-refractivity contribution in [1.82, 2.24) is 29.3 Å². The van der Waals surface area contributed by atoms with Crippen LogP contribution in [-0.2, 0) is 9.47 Å². The van der Waals surface area contributed by atoms with Crippen molar-refractivity contribution in [2.75, 3.05) is 13.1 Å². The number of carbonyl (C=O) groups excluding carboxylic acids is 2. The second-order valence-corrected chi connectivity index (χ2v) is 18.0. The van der Waals surface area contributed by atoms with E-state index in [2.05, 4.69) is 64.1 Å². The van der Waals surface area contributed by atoms with Gasteiger partial charge in [0.05, 0.1) is 29.0 Å². The number of nitrogens with one attached hydrogen (secondary N) is 1. The SMILES string of the molecule is CC(C)(C)OC(=O)N1CCCC1c1ncc(-c2ccc3c(c2)sc2cc(-n4c(C5CC6CC5N(C(=O)OC(C)(C)C)C6)nc5ccccc54)ccc23)[nH]1. The van der Waals surface area contributed by atoms with Crippen LogP contribution in [0.5, 0.6) is 0 Å². The van der Waals surface area contributed by atoms with Crippen LogP contribution in [0.15, 0.2) is 66.9 Å². The number of imidazole rings is 2. The maximum Gasteiger partial charge on any atom is 0.410 e. The van der Waals surface area contributed by atoms with E-state index in [0.717, 1.165) is 71.9 Å². The third-order valence-corrected chi connectivity index (χ3v) is 12.0. The van der Waals surface area contributed by atoms with Crippen molar-refractivity contribution in [2.45, 2.75) is 96.4 Å². The van der Waals surface area contributed by atoms with Crippen LogP contribution < -0.4 is 0 Å². The van der Waals surface area contributed by atoms with E-state index in [0.29, 0.717) is 12.5 Å². The Morgan fingerprint density at radius 1 is 0.868 bits per heavy atom. The van der Waals surface area contributed by atoms with Crippen LogP contribution in [0.4, 0.5) is 9.59 Å². The number of nitrogens with zero attached hydrogens (tertiary/aromatic N) is 5. The van der Waals surface area contributed by atoms with Crippen LogP contribution in [0.3, 0.4) is 0 Å². The van der Waals surface area contributed by atoms with Crippen LogP contribution in [-0.4, -0.2) is 71.8 Å². The van der Waals surface area contributed by atoms with Gasteiger partial charge in [0, 0.05) is 56.5 Å². The van der Waals surface area contributed by atoms with Gasteiger partial charge in [-0.2, -0.15) is 0 Å². The molecule has 1 N–H and O–H groups in total. The van der Waals surface area contributed by atoms with Gasteiger partial charge in [-0.15, -0.1) is 11.3 Å². The highest BCUT2D eigenvalue weighted by molar-refractivity contribution is 7.25. The Bertz CT molecular complexity index is 2400. The number of hydrogen-bond acceptors (Lipinski definition) is 7. The molecule has 274 valence electrons. The van der Waals surface area contributed by atoms with E-state index in [9.17, 15) is 9.59 Å². The van der Waals surface area contributed by atoms with Gasteiger partial charge in [-0.25, -0.2) is 19.6 Å². The smallest absolute Gasteiger partial charge is 0.410 e. The Labute approximate surface area is 313 Å². The lowest BCUT2D eigenvalue weighted by Gasteiger charge is -2.34. The summed E-state index contributed by atoms with van der Waals surface area (Å²) in [4.78, 5) is 43.5. The molecule has 4 unspecified atom stereocenters. The molecule has 5 heterocycles. The lowest BCUT2D eigenvalue weighted by atomic mass is 9.97. The van der Waals surface area contributed by atoms with Crippen molar-refractivity contribution in [2.24, 2.45) is 5.92 Å². The van der Waals surface area contributed by atoms with Gasteiger partial charge in [0.15, 0.2) is 0 Å². The zero-order valence-electron chi connectivity index (χ0n) is 31.2. The molecule has 4 atom stereocenters. The normalized spacial score (nSPS) is 21.8. The van der Waals surface area contributed by atoms with Crippen molar-refractivity contribution in [3.05, 3.63) is 78.5 Å². The van der Waals surface area contributed by atoms with E-state index < -0.39 is 11.2 Å². The fraction of sp³-hybridized carbons (Fsp3) is 0.429. The van der Waals surface area contributed by atoms with Gasteiger partial charge < -0.3 is 19.4 Å². The van der Waals surface area contributed by atoms with E-state index in [1.165, 1.54) is 20.2 Å². The lowest BCUT2D eigenvalue weighted by molar-refractivity contribution is 0.0165. The number of thiophene rings is 1. The van der Waals surface area contributed by atoms with Gasteiger partial charge in [0.2, 0.25) is 0 Å². The Kier molecular flexibility index (Phi) is 7.89. The molecule has 2 amide bonds. The van der Waals surface area contributed by atoms with Gasteiger partial charge >= 0.3 is 12.2 Å². The molecule has 2 bridgehead atoms. The molecule has 2 aliphatic heterocycles. The summed E-state index contributed by atoms with van der Waals surface area (Å²) < 4.78 is 16.2. The Morgan fingerprint density at radius 2 is 1.58 bits per heavy atom. The van der Waals surface area contributed by atoms with E-state index in [4.69, 9.17) is 19.4 Å². The average molecular weight is 731 g/mol. The molecular weight excluding hydrogens is 685 g/mol. The average Bonchev–Trinajstić information content (AvgIpc) is 3.95. The second kappa shape index (κ2) is 12.3. The first-order chi connectivity index (χ1) is 25.3. The number of aromatic nitrogens is 4. The Hall–Kier alpha value is -4.90. The molecule has 3 fully saturated rings. The predicted octanol–water partition coefficient (Wildman–Crippen LogP) is 9.97. The van der Waals surface area contributed by atoms with Gasteiger partial charge in [-0.05, 0) is 103 Å². The number of rotatable bonds is 4. The number of ether oxygens (including phenoxy) is 2. The van der Waals surface area contributed by atoms with Gasteiger partial charge in [0.1, 0.15) is 22.9 Å². The fourth-order valence-corrected chi connectivity index (χ4v) is 9.89. The first-order valence-corrected chi connectivity index (χ1v) is 19.6. The van der Waals surface area contributed by atoms with Crippen LogP contribution in [0.2, 0.25) is 0 Å². The quantitative estimate of drug-likeness (QED) is 0.194. The Balaban J connectivity index is 1.03. The maximum absolute atomic E-state index is 13.3. The molecule has 3 aromatic heterocycles. The highest BCUT2D eigenvalue weighted by Crippen LogP contribution is 2.48. The van der Waals surface area contributed by atoms with Gasteiger partial charge in [-0.3, -0.25) is 9.47 Å². The minimum Gasteiger partial charge on any atom is -0.444 e. The number of aromatic amines is 1. The van der Waals surface area contributed by atoms with E-state index in [1.54, 1.807) is 16.2 Å². The number of likely N-dealkylation sites (tertiary alicyclic amines) is 2. The molecule has 9 rings (SSSR count). The third kappa shape index (κ3) is 6.12. The molecular formula is C42H46N6O4S. The molecule has 3 aromatic carbocycles. The standard InChI is InChI=1S/C42H46N6O4S/c1-41(2,3)51-39(49)46-17-9-12-33(46)37-43-22-31(44-37)25-13-15-27-28-16-14-26(21-36(28)53-35(27)20-25)48-32-11-8-7-10-30(32)45-38(48)29-18-24-19-34(29)47(23-24)40(50)52-42(4,5)6/h7-8,10-11,13-16,20-22,24,29,33-34H,9,12,17-19,23H2,1-6H3,(H,43,44). The molecule has 1 saturated carbocycles. The van der Waals surface area contributed by atoms with Gasteiger partial charge in [-0.1, -0.05) is 30.3 Å². The van der Waals surface area contributed by atoms with Crippen LogP contribution in [0.1, 0.15) is 90.8 Å². The van der Waals surface area contributed by atoms with Crippen molar-refractivity contribution < 1.29 is 19.1 Å². The fourth-order valence-electron chi connectivity index (χ4n) is 8.71. The van der Waals surface area contributed by atoms with E-state index in [1.807, 2.05) is 58.7 Å². The molecule has 6 aromatic rings. The van der Waals surface area contributed by atoms with Crippen LogP contribution >= 0.6 is 11.3 Å². The topological polar surface area (TPSA) is 106 Å². The summed E-state index contributed by atoms with van der Waals surface area (Å²) >= 11 is 1.78. The summed E-state index contributed by atoms with van der Waals surface area (Å²) in [7, 11) is 0. The summed E-state index contributed by atoms with van der Waals surface area (Å²) in [5, 5.41) is 2.43. The van der Waals surface area contributed by atoms with Crippen molar-refractivity contribution in [3.63, 3.8) is 0 Å². The van der Waals surface area contributed by atoms with Crippen LogP contribution in [0.25, 0.3) is 48.2 Å². The first kappa shape index (κ1) is 33.9. The monoisotopic (exact) mass is 730 g/mol. The summed E-state index contributed by atoms with van der Waals surface area (Å²) in [6, 6.07) is 21.6. The molecule has 11 heteroatoms. The molecule has 0 radical (unpaired) electrons. The van der Waals surface area contributed by atoms with Gasteiger partial charge in [0.25, 0.3) is 0 Å². The van der Waals surface area contributed by atoms with E-state index >= 15 is 0 Å². The number of H-pyrrole nitrogens is 1. The zero-order chi connectivity index (χ0) is 36.8. The number of benzene rings is 3. The summed E-state index contributed by atoms with van der Waals surface area (Å²) in [6.45, 7) is 12.9. The molecule has 53 heavy (non-hydrogen) atoms. The highest BCUT2D eigenvalue weighted by atomic mass is 32.1. The molecule has 3 aliphatic rings. The third-order valence-electron chi connectivity index (χ3n) is 10.8. The molecule has 10 nitrogen and oxygen atoms in total. The number of para-hydroxylation sites is 2. The number of carbonyl (C=O) groups is 2. The maximum atomic E-state index is 13.3. The highest BCUT2D eigenvalue weighted by Gasteiger charge is 2.50. The largest absolute Gasteiger partial charge is 0.444 e. The van der Waals surface area contributed by atoms with Crippen molar-refractivity contribution >= 4 is 54.7 Å². The molecule has 2 saturated heterocycles. The van der Waals surface area contributed by atoms with Crippen molar-refractivity contribution in [3.8, 4) is 16.9 Å².